The number of aromatic nitrogens is 1. The van der Waals surface area contributed by atoms with E-state index in [2.05, 4.69) is 19.3 Å². The van der Waals surface area contributed by atoms with Gasteiger partial charge in [0.05, 0.1) is 11.2 Å². The average molecular weight is 347 g/mol. The van der Waals surface area contributed by atoms with Crippen molar-refractivity contribution in [3.8, 4) is 5.75 Å². The lowest BCUT2D eigenvalue weighted by Gasteiger charge is -2.07. The molecule has 0 saturated heterocycles. The third kappa shape index (κ3) is 3.52. The summed E-state index contributed by atoms with van der Waals surface area (Å²) >= 11 is -1.21. The van der Waals surface area contributed by atoms with E-state index in [4.69, 9.17) is 0 Å². The number of azo groups is 1. The zero-order valence-corrected chi connectivity index (χ0v) is 13.5. The molecule has 0 amide bonds. The summed E-state index contributed by atoms with van der Waals surface area (Å²) in [5.74, 6) is 0.202. The Labute approximate surface area is 138 Å². The van der Waals surface area contributed by atoms with E-state index in [1.807, 2.05) is 0 Å². The maximum Gasteiger partial charge on any atom is 0.166 e. The number of aryl methyl sites for hydroxylation is 1. The molecule has 3 aromatic rings. The molecule has 7 nitrogen and oxygen atoms in total. The van der Waals surface area contributed by atoms with Gasteiger partial charge in [0.25, 0.3) is 0 Å². The number of fused-ring (bicyclic) bond motifs is 1. The highest BCUT2D eigenvalue weighted by Crippen LogP contribution is 2.34. The Bertz CT molecular complexity index is 924. The fraction of sp³-hybridized carbons (Fsp3) is 0.0714. The van der Waals surface area contributed by atoms with Gasteiger partial charge >= 0.3 is 0 Å². The molecular weight excluding hydrogens is 336 g/mol. The second-order valence-corrected chi connectivity index (χ2v) is 6.15. The van der Waals surface area contributed by atoms with E-state index >= 15 is 0 Å². The normalized spacial score (nSPS) is 12.8. The van der Waals surface area contributed by atoms with Crippen LogP contribution in [0.1, 0.15) is 5.56 Å². The highest BCUT2D eigenvalue weighted by molar-refractivity contribution is 7.80. The third-order valence-corrected chi connectivity index (χ3v) is 4.26. The lowest BCUT2D eigenvalue weighted by atomic mass is 10.2. The molecule has 0 spiro atoms. The second kappa shape index (κ2) is 6.41. The Morgan fingerprint density at radius 2 is 2.09 bits per heavy atom. The van der Waals surface area contributed by atoms with Crippen molar-refractivity contribution < 1.29 is 13.9 Å². The molecular formula is C14H11N4O3S2-. The third-order valence-electron chi connectivity index (χ3n) is 3.10. The van der Waals surface area contributed by atoms with Gasteiger partial charge in [0.15, 0.2) is 5.00 Å². The molecule has 0 bridgehead atoms. The van der Waals surface area contributed by atoms with Crippen molar-refractivity contribution in [3.05, 3.63) is 42.0 Å². The molecule has 0 aliphatic rings. The van der Waals surface area contributed by atoms with Crippen LogP contribution >= 0.6 is 11.5 Å². The summed E-state index contributed by atoms with van der Waals surface area (Å²) in [7, 11) is 0. The van der Waals surface area contributed by atoms with Crippen molar-refractivity contribution >= 4 is 50.1 Å². The van der Waals surface area contributed by atoms with Gasteiger partial charge in [-0.3, -0.25) is 4.21 Å². The van der Waals surface area contributed by atoms with Gasteiger partial charge in [0.2, 0.25) is 0 Å². The van der Waals surface area contributed by atoms with Gasteiger partial charge < -0.3 is 14.4 Å². The average Bonchev–Trinajstić information content (AvgIpc) is 2.90. The summed E-state index contributed by atoms with van der Waals surface area (Å²) in [5.41, 5.74) is 2.47. The molecule has 1 aromatic heterocycles. The Kier molecular flexibility index (Phi) is 4.33. The Morgan fingerprint density at radius 1 is 1.26 bits per heavy atom. The molecule has 1 atom stereocenters. The van der Waals surface area contributed by atoms with Crippen LogP contribution in [-0.4, -0.2) is 18.2 Å². The second-order valence-electron chi connectivity index (χ2n) is 4.73. The van der Waals surface area contributed by atoms with E-state index < -0.39 is 11.3 Å². The van der Waals surface area contributed by atoms with Crippen LogP contribution in [0.5, 0.6) is 5.75 Å². The SMILES string of the molecule is Cc1cc(N=Nc2snc3ccc(NS(=O)[O-])cc23)ccc1O. The molecule has 1 unspecified atom stereocenters. The van der Waals surface area contributed by atoms with Crippen LogP contribution in [0.25, 0.3) is 10.9 Å². The number of phenols is 1. The van der Waals surface area contributed by atoms with Gasteiger partial charge in [-0.25, -0.2) is 0 Å². The Morgan fingerprint density at radius 3 is 2.83 bits per heavy atom. The van der Waals surface area contributed by atoms with Crippen molar-refractivity contribution in [1.82, 2.24) is 4.37 Å². The van der Waals surface area contributed by atoms with E-state index in [0.29, 0.717) is 32.8 Å². The predicted molar refractivity (Wildman–Crippen MR) is 89.2 cm³/mol. The summed E-state index contributed by atoms with van der Waals surface area (Å²) in [6.07, 6.45) is 0. The van der Waals surface area contributed by atoms with Crippen LogP contribution in [0.2, 0.25) is 0 Å². The minimum absolute atomic E-state index is 0.202. The number of nitrogens with zero attached hydrogens (tertiary/aromatic N) is 3. The smallest absolute Gasteiger partial charge is 0.166 e. The standard InChI is InChI=1S/C14H12N4O3S2/c1-8-6-9(3-5-13(8)19)15-16-14-11-7-10(18-23(20)21)2-4-12(11)17-22-14/h2-7,18-19H,1H3,(H,20,21)/p-1. The summed E-state index contributed by atoms with van der Waals surface area (Å²) < 4.78 is 28.0. The molecule has 0 saturated carbocycles. The van der Waals surface area contributed by atoms with Crippen LogP contribution in [-0.2, 0) is 11.3 Å². The topological polar surface area (TPSA) is 110 Å². The Hall–Kier alpha value is -2.36. The maximum absolute atomic E-state index is 10.7. The fourth-order valence-corrected chi connectivity index (χ4v) is 2.97. The van der Waals surface area contributed by atoms with Gasteiger partial charge in [-0.2, -0.15) is 4.37 Å². The molecule has 2 aromatic carbocycles. The zero-order chi connectivity index (χ0) is 16.4. The molecule has 23 heavy (non-hydrogen) atoms. The largest absolute Gasteiger partial charge is 0.755 e. The first-order valence-electron chi connectivity index (χ1n) is 6.49. The maximum atomic E-state index is 10.7. The number of phenolic OH excluding ortho intramolecular Hbond substituents is 1. The first kappa shape index (κ1) is 15.5. The van der Waals surface area contributed by atoms with Crippen LogP contribution < -0.4 is 4.72 Å². The number of anilines is 1. The minimum Gasteiger partial charge on any atom is -0.755 e. The fourth-order valence-electron chi connectivity index (χ4n) is 1.97. The van der Waals surface area contributed by atoms with E-state index in [9.17, 15) is 13.9 Å². The van der Waals surface area contributed by atoms with Gasteiger partial charge in [-0.1, -0.05) is 0 Å². The van der Waals surface area contributed by atoms with Gasteiger partial charge in [-0.15, -0.1) is 10.2 Å². The number of aromatic hydroxyl groups is 1. The number of benzene rings is 2. The molecule has 0 fully saturated rings. The molecule has 9 heteroatoms. The zero-order valence-electron chi connectivity index (χ0n) is 11.9. The Balaban J connectivity index is 1.94. The van der Waals surface area contributed by atoms with E-state index in [1.165, 1.54) is 11.5 Å². The van der Waals surface area contributed by atoms with Crippen molar-refractivity contribution in [3.63, 3.8) is 0 Å². The summed E-state index contributed by atoms with van der Waals surface area (Å²) in [6, 6.07) is 9.93. The van der Waals surface area contributed by atoms with Crippen LogP contribution in [0.4, 0.5) is 16.4 Å². The van der Waals surface area contributed by atoms with Crippen LogP contribution in [0.3, 0.4) is 0 Å². The van der Waals surface area contributed by atoms with Crippen LogP contribution in [0, 0.1) is 6.92 Å². The van der Waals surface area contributed by atoms with Gasteiger partial charge in [0.1, 0.15) is 5.75 Å². The van der Waals surface area contributed by atoms with Gasteiger partial charge in [0, 0.05) is 22.3 Å². The quantitative estimate of drug-likeness (QED) is 0.550. The summed E-state index contributed by atoms with van der Waals surface area (Å²) in [4.78, 5) is 0. The number of hydrogen-bond acceptors (Lipinski definition) is 7. The molecule has 1 heterocycles. The summed E-state index contributed by atoms with van der Waals surface area (Å²) in [6.45, 7) is 1.78. The van der Waals surface area contributed by atoms with Crippen molar-refractivity contribution in [2.24, 2.45) is 10.2 Å². The lowest BCUT2D eigenvalue weighted by Crippen LogP contribution is -2.01. The molecule has 3 rings (SSSR count). The summed E-state index contributed by atoms with van der Waals surface area (Å²) in [5, 5.41) is 19.1. The molecule has 0 aliphatic carbocycles. The van der Waals surface area contributed by atoms with Crippen molar-refractivity contribution in [1.29, 1.82) is 0 Å². The monoisotopic (exact) mass is 347 g/mol. The predicted octanol–water partition coefficient (Wildman–Crippen LogP) is 3.93. The van der Waals surface area contributed by atoms with Crippen molar-refractivity contribution in [2.75, 3.05) is 4.72 Å². The van der Waals surface area contributed by atoms with Crippen LogP contribution in [0.15, 0.2) is 46.6 Å². The van der Waals surface area contributed by atoms with Gasteiger partial charge in [-0.05, 0) is 60.4 Å². The van der Waals surface area contributed by atoms with Crippen molar-refractivity contribution in [2.45, 2.75) is 6.92 Å². The number of rotatable bonds is 4. The van der Waals surface area contributed by atoms with E-state index in [-0.39, 0.29) is 5.75 Å². The first-order chi connectivity index (χ1) is 11.0. The lowest BCUT2D eigenvalue weighted by molar-refractivity contribution is 0.471. The molecule has 0 radical (unpaired) electrons. The first-order valence-corrected chi connectivity index (χ1v) is 8.34. The molecule has 0 aliphatic heterocycles. The number of hydrogen-bond donors (Lipinski definition) is 2. The molecule has 118 valence electrons. The number of nitrogens with one attached hydrogen (secondary N) is 1. The highest BCUT2D eigenvalue weighted by Gasteiger charge is 2.07. The van der Waals surface area contributed by atoms with E-state index in [1.54, 1.807) is 43.3 Å². The molecule has 2 N–H and O–H groups in total. The van der Waals surface area contributed by atoms with E-state index in [0.717, 1.165) is 0 Å². The highest BCUT2D eigenvalue weighted by atomic mass is 32.2. The minimum atomic E-state index is -2.39.